The summed E-state index contributed by atoms with van der Waals surface area (Å²) >= 11 is 6.02. The minimum absolute atomic E-state index is 0.102. The van der Waals surface area contributed by atoms with Gasteiger partial charge in [-0.25, -0.2) is 4.79 Å². The number of rotatable bonds is 5. The summed E-state index contributed by atoms with van der Waals surface area (Å²) in [5, 5.41) is 12.2. The van der Waals surface area contributed by atoms with Gasteiger partial charge in [0.1, 0.15) is 5.60 Å². The standard InChI is InChI=1S/C16H22ClNO4/c1-10-5-11(7-13(17)6-10)12(8-14(19)20)9-18-15(21)22-16(2,3)4/h5-7,12H,8-9H2,1-4H3,(H,18,21)(H,19,20). The molecule has 6 heteroatoms. The second-order valence-corrected chi connectivity index (χ2v) is 6.68. The molecule has 0 saturated heterocycles. The van der Waals surface area contributed by atoms with E-state index < -0.39 is 17.7 Å². The van der Waals surface area contributed by atoms with Gasteiger partial charge in [0.2, 0.25) is 0 Å². The first-order chi connectivity index (χ1) is 10.1. The van der Waals surface area contributed by atoms with Gasteiger partial charge in [0, 0.05) is 17.5 Å². The van der Waals surface area contributed by atoms with Crippen LogP contribution in [0.25, 0.3) is 0 Å². The molecule has 0 aliphatic heterocycles. The van der Waals surface area contributed by atoms with Gasteiger partial charge in [-0.2, -0.15) is 0 Å². The molecule has 0 saturated carbocycles. The molecular formula is C16H22ClNO4. The summed E-state index contributed by atoms with van der Waals surface area (Å²) < 4.78 is 5.15. The molecule has 0 aliphatic carbocycles. The van der Waals surface area contributed by atoms with Crippen molar-refractivity contribution in [2.75, 3.05) is 6.54 Å². The second kappa shape index (κ2) is 7.49. The fraction of sp³-hybridized carbons (Fsp3) is 0.500. The van der Waals surface area contributed by atoms with Gasteiger partial charge in [0.05, 0.1) is 6.42 Å². The van der Waals surface area contributed by atoms with E-state index in [0.29, 0.717) is 5.02 Å². The van der Waals surface area contributed by atoms with E-state index in [1.54, 1.807) is 32.9 Å². The van der Waals surface area contributed by atoms with E-state index in [2.05, 4.69) is 5.32 Å². The average Bonchev–Trinajstić information content (AvgIpc) is 2.30. The van der Waals surface area contributed by atoms with E-state index in [1.165, 1.54) is 0 Å². The molecule has 1 unspecified atom stereocenters. The molecule has 0 aliphatic rings. The summed E-state index contributed by atoms with van der Waals surface area (Å²) in [4.78, 5) is 22.8. The molecule has 1 aromatic rings. The summed E-state index contributed by atoms with van der Waals surface area (Å²) in [5.41, 5.74) is 1.12. The Morgan fingerprint density at radius 3 is 2.45 bits per heavy atom. The molecule has 1 rings (SSSR count). The van der Waals surface area contributed by atoms with Crippen LogP contribution >= 0.6 is 11.6 Å². The molecule has 0 spiro atoms. The average molecular weight is 328 g/mol. The highest BCUT2D eigenvalue weighted by atomic mass is 35.5. The van der Waals surface area contributed by atoms with E-state index in [0.717, 1.165) is 11.1 Å². The van der Waals surface area contributed by atoms with Crippen LogP contribution in [0.1, 0.15) is 44.2 Å². The van der Waals surface area contributed by atoms with Gasteiger partial charge in [-0.15, -0.1) is 0 Å². The van der Waals surface area contributed by atoms with Crippen LogP contribution in [0, 0.1) is 6.92 Å². The number of aliphatic carboxylic acids is 1. The number of carbonyl (C=O) groups excluding carboxylic acids is 1. The van der Waals surface area contributed by atoms with Crippen molar-refractivity contribution in [1.29, 1.82) is 0 Å². The van der Waals surface area contributed by atoms with E-state index in [-0.39, 0.29) is 18.9 Å². The molecule has 2 N–H and O–H groups in total. The van der Waals surface area contributed by atoms with Gasteiger partial charge in [0.15, 0.2) is 0 Å². The zero-order valence-corrected chi connectivity index (χ0v) is 14.0. The van der Waals surface area contributed by atoms with Gasteiger partial charge in [0.25, 0.3) is 0 Å². The van der Waals surface area contributed by atoms with Crippen molar-refractivity contribution in [3.63, 3.8) is 0 Å². The third-order valence-corrected chi connectivity index (χ3v) is 3.07. The van der Waals surface area contributed by atoms with Gasteiger partial charge < -0.3 is 15.2 Å². The van der Waals surface area contributed by atoms with E-state index in [1.807, 2.05) is 13.0 Å². The summed E-state index contributed by atoms with van der Waals surface area (Å²) in [6.45, 7) is 7.35. The molecule has 1 amide bonds. The molecule has 0 fully saturated rings. The first-order valence-corrected chi connectivity index (χ1v) is 7.40. The molecule has 22 heavy (non-hydrogen) atoms. The molecular weight excluding hydrogens is 306 g/mol. The van der Waals surface area contributed by atoms with Crippen molar-refractivity contribution < 1.29 is 19.4 Å². The largest absolute Gasteiger partial charge is 0.481 e. The number of aryl methyl sites for hydroxylation is 1. The fourth-order valence-corrected chi connectivity index (χ4v) is 2.34. The number of hydrogen-bond acceptors (Lipinski definition) is 3. The molecule has 1 atom stereocenters. The summed E-state index contributed by atoms with van der Waals surface area (Å²) in [7, 11) is 0. The lowest BCUT2D eigenvalue weighted by Gasteiger charge is -2.22. The number of amides is 1. The van der Waals surface area contributed by atoms with Crippen LogP contribution in [0.15, 0.2) is 18.2 Å². The maximum atomic E-state index is 11.7. The lowest BCUT2D eigenvalue weighted by Crippen LogP contribution is -2.35. The number of hydrogen-bond donors (Lipinski definition) is 2. The van der Waals surface area contributed by atoms with Crippen LogP contribution in [0.2, 0.25) is 5.02 Å². The van der Waals surface area contributed by atoms with Crippen molar-refractivity contribution in [3.8, 4) is 0 Å². The van der Waals surface area contributed by atoms with Crippen LogP contribution in [0.3, 0.4) is 0 Å². The number of ether oxygens (including phenoxy) is 1. The highest BCUT2D eigenvalue weighted by Gasteiger charge is 2.20. The van der Waals surface area contributed by atoms with Crippen molar-refractivity contribution >= 4 is 23.7 Å². The Labute approximate surface area is 135 Å². The Hall–Kier alpha value is -1.75. The number of nitrogens with one attached hydrogen (secondary N) is 1. The Bertz CT molecular complexity index is 531. The van der Waals surface area contributed by atoms with Gasteiger partial charge in [-0.05, 0) is 51.0 Å². The van der Waals surface area contributed by atoms with Crippen LogP contribution in [-0.2, 0) is 9.53 Å². The Kier molecular flexibility index (Phi) is 6.23. The minimum atomic E-state index is -0.936. The van der Waals surface area contributed by atoms with E-state index in [9.17, 15) is 9.59 Å². The zero-order chi connectivity index (χ0) is 16.9. The fourth-order valence-electron chi connectivity index (χ4n) is 2.04. The van der Waals surface area contributed by atoms with Crippen LogP contribution < -0.4 is 5.32 Å². The number of carboxylic acid groups (broad SMARTS) is 1. The zero-order valence-electron chi connectivity index (χ0n) is 13.3. The topological polar surface area (TPSA) is 75.6 Å². The van der Waals surface area contributed by atoms with Crippen molar-refractivity contribution in [3.05, 3.63) is 34.3 Å². The van der Waals surface area contributed by atoms with Gasteiger partial charge in [-0.3, -0.25) is 4.79 Å². The quantitative estimate of drug-likeness (QED) is 0.864. The summed E-state index contributed by atoms with van der Waals surface area (Å²) in [6, 6.07) is 5.39. The summed E-state index contributed by atoms with van der Waals surface area (Å²) in [5.74, 6) is -1.31. The first kappa shape index (κ1) is 18.3. The molecule has 5 nitrogen and oxygen atoms in total. The third-order valence-electron chi connectivity index (χ3n) is 2.85. The van der Waals surface area contributed by atoms with Crippen LogP contribution in [0.4, 0.5) is 4.79 Å². The van der Waals surface area contributed by atoms with E-state index in [4.69, 9.17) is 21.4 Å². The monoisotopic (exact) mass is 327 g/mol. The van der Waals surface area contributed by atoms with Crippen LogP contribution in [-0.4, -0.2) is 29.3 Å². The molecule has 0 radical (unpaired) electrons. The molecule has 0 bridgehead atoms. The molecule has 0 aromatic heterocycles. The number of alkyl carbamates (subject to hydrolysis) is 1. The first-order valence-electron chi connectivity index (χ1n) is 7.02. The Morgan fingerprint density at radius 1 is 1.32 bits per heavy atom. The number of benzene rings is 1. The number of halogens is 1. The SMILES string of the molecule is Cc1cc(Cl)cc(C(CNC(=O)OC(C)(C)C)CC(=O)O)c1. The normalized spacial score (nSPS) is 12.6. The molecule has 0 heterocycles. The highest BCUT2D eigenvalue weighted by Crippen LogP contribution is 2.24. The Balaban J connectivity index is 2.81. The predicted molar refractivity (Wildman–Crippen MR) is 85.4 cm³/mol. The lowest BCUT2D eigenvalue weighted by molar-refractivity contribution is -0.137. The van der Waals surface area contributed by atoms with Crippen molar-refractivity contribution in [2.24, 2.45) is 0 Å². The smallest absolute Gasteiger partial charge is 0.407 e. The molecule has 1 aromatic carbocycles. The second-order valence-electron chi connectivity index (χ2n) is 6.24. The van der Waals surface area contributed by atoms with E-state index >= 15 is 0 Å². The highest BCUT2D eigenvalue weighted by molar-refractivity contribution is 6.30. The lowest BCUT2D eigenvalue weighted by atomic mass is 9.94. The minimum Gasteiger partial charge on any atom is -0.481 e. The maximum Gasteiger partial charge on any atom is 0.407 e. The number of carboxylic acids is 1. The van der Waals surface area contributed by atoms with Crippen molar-refractivity contribution in [2.45, 2.75) is 45.6 Å². The predicted octanol–water partition coefficient (Wildman–Crippen LogP) is 3.73. The van der Waals surface area contributed by atoms with Crippen LogP contribution in [0.5, 0.6) is 0 Å². The van der Waals surface area contributed by atoms with Gasteiger partial charge in [-0.1, -0.05) is 17.7 Å². The molecule has 122 valence electrons. The third kappa shape index (κ3) is 6.80. The van der Waals surface area contributed by atoms with Crippen molar-refractivity contribution in [1.82, 2.24) is 5.32 Å². The number of carbonyl (C=O) groups is 2. The Morgan fingerprint density at radius 2 is 1.95 bits per heavy atom. The van der Waals surface area contributed by atoms with Gasteiger partial charge >= 0.3 is 12.1 Å². The summed E-state index contributed by atoms with van der Waals surface area (Å²) in [6.07, 6.45) is -0.670. The maximum absolute atomic E-state index is 11.7.